The number of β-amino-alcohol motifs (C(OH)–C–C–N with tert-alkyl or cyclic N) is 1. The van der Waals surface area contributed by atoms with E-state index in [9.17, 15) is 22.8 Å². The fourth-order valence-electron chi connectivity index (χ4n) is 2.15. The van der Waals surface area contributed by atoms with Crippen molar-refractivity contribution in [3.05, 3.63) is 39.3 Å². The molecule has 0 aromatic heterocycles. The van der Waals surface area contributed by atoms with E-state index in [2.05, 4.69) is 26.0 Å². The van der Waals surface area contributed by atoms with E-state index in [0.29, 0.717) is 6.07 Å². The van der Waals surface area contributed by atoms with Crippen LogP contribution in [0.1, 0.15) is 0 Å². The lowest BCUT2D eigenvalue weighted by Crippen LogP contribution is -2.31. The third-order valence-electron chi connectivity index (χ3n) is 3.32. The van der Waals surface area contributed by atoms with Gasteiger partial charge >= 0.3 is 5.97 Å². The van der Waals surface area contributed by atoms with Gasteiger partial charge in [0.2, 0.25) is 0 Å². The summed E-state index contributed by atoms with van der Waals surface area (Å²) in [5.74, 6) is -6.23. The van der Waals surface area contributed by atoms with Gasteiger partial charge in [0.05, 0.1) is 31.5 Å². The SMILES string of the molecule is COC(=O)C1=C(Nc2c(Br)cc(F)c(F)c2F)C(=O)N(CCO)C1. The number of methoxy groups -OCH3 is 1. The zero-order chi connectivity index (χ0) is 18.0. The molecule has 2 N–H and O–H groups in total. The van der Waals surface area contributed by atoms with Gasteiger partial charge in [-0.15, -0.1) is 0 Å². The minimum Gasteiger partial charge on any atom is -0.466 e. The van der Waals surface area contributed by atoms with Crippen LogP contribution in [0, 0.1) is 17.5 Å². The third-order valence-corrected chi connectivity index (χ3v) is 3.94. The van der Waals surface area contributed by atoms with Crippen molar-refractivity contribution < 1.29 is 32.6 Å². The number of aliphatic hydroxyl groups is 1. The second kappa shape index (κ2) is 7.22. The zero-order valence-electron chi connectivity index (χ0n) is 12.3. The molecule has 1 amide bonds. The normalized spacial score (nSPS) is 14.4. The van der Waals surface area contributed by atoms with Crippen molar-refractivity contribution in [3.63, 3.8) is 0 Å². The molecule has 24 heavy (non-hydrogen) atoms. The quantitative estimate of drug-likeness (QED) is 0.439. The van der Waals surface area contributed by atoms with Crippen LogP contribution in [0.4, 0.5) is 18.9 Å². The molecule has 0 saturated heterocycles. The zero-order valence-corrected chi connectivity index (χ0v) is 13.9. The number of ether oxygens (including phenoxy) is 1. The van der Waals surface area contributed by atoms with Crippen molar-refractivity contribution in [1.29, 1.82) is 0 Å². The fourth-order valence-corrected chi connectivity index (χ4v) is 2.63. The van der Waals surface area contributed by atoms with Gasteiger partial charge in [-0.2, -0.15) is 0 Å². The Labute approximate surface area is 143 Å². The van der Waals surface area contributed by atoms with Crippen molar-refractivity contribution in [2.45, 2.75) is 0 Å². The highest BCUT2D eigenvalue weighted by atomic mass is 79.9. The van der Waals surface area contributed by atoms with E-state index in [1.807, 2.05) is 0 Å². The minimum atomic E-state index is -1.72. The summed E-state index contributed by atoms with van der Waals surface area (Å²) in [6.07, 6.45) is 0. The monoisotopic (exact) mass is 408 g/mol. The van der Waals surface area contributed by atoms with Gasteiger partial charge in [0.25, 0.3) is 5.91 Å². The number of amides is 1. The predicted octanol–water partition coefficient (Wildman–Crippen LogP) is 1.54. The van der Waals surface area contributed by atoms with Gasteiger partial charge < -0.3 is 20.1 Å². The molecule has 0 fully saturated rings. The van der Waals surface area contributed by atoms with Crippen LogP contribution in [0.3, 0.4) is 0 Å². The maximum absolute atomic E-state index is 13.9. The van der Waals surface area contributed by atoms with Crippen molar-refractivity contribution in [3.8, 4) is 0 Å². The molecule has 0 saturated carbocycles. The number of halogens is 4. The molecule has 1 aliphatic heterocycles. The molecule has 1 aromatic carbocycles. The van der Waals surface area contributed by atoms with Gasteiger partial charge in [0, 0.05) is 11.0 Å². The number of aliphatic hydroxyl groups excluding tert-OH is 1. The molecular weight excluding hydrogens is 397 g/mol. The molecule has 1 heterocycles. The Hall–Kier alpha value is -2.07. The summed E-state index contributed by atoms with van der Waals surface area (Å²) < 4.78 is 44.9. The van der Waals surface area contributed by atoms with Gasteiger partial charge in [-0.25, -0.2) is 18.0 Å². The van der Waals surface area contributed by atoms with Gasteiger partial charge in [0.1, 0.15) is 5.70 Å². The highest BCUT2D eigenvalue weighted by Gasteiger charge is 2.35. The van der Waals surface area contributed by atoms with E-state index >= 15 is 0 Å². The summed E-state index contributed by atoms with van der Waals surface area (Å²) in [6, 6.07) is 0.685. The number of anilines is 1. The van der Waals surface area contributed by atoms with E-state index in [1.165, 1.54) is 0 Å². The van der Waals surface area contributed by atoms with E-state index in [4.69, 9.17) is 5.11 Å². The highest BCUT2D eigenvalue weighted by Crippen LogP contribution is 2.32. The number of hydrogen-bond donors (Lipinski definition) is 2. The third kappa shape index (κ3) is 3.24. The van der Waals surface area contributed by atoms with Crippen LogP contribution >= 0.6 is 15.9 Å². The molecule has 10 heteroatoms. The number of nitrogens with zero attached hydrogens (tertiary/aromatic N) is 1. The van der Waals surface area contributed by atoms with Gasteiger partial charge in [-0.05, 0) is 22.0 Å². The maximum atomic E-state index is 13.9. The average Bonchev–Trinajstić information content (AvgIpc) is 2.85. The summed E-state index contributed by atoms with van der Waals surface area (Å²) in [5, 5.41) is 11.3. The first-order valence-electron chi connectivity index (χ1n) is 6.63. The molecule has 0 radical (unpaired) electrons. The van der Waals surface area contributed by atoms with E-state index in [0.717, 1.165) is 12.0 Å². The Morgan fingerprint density at radius 3 is 2.67 bits per heavy atom. The number of carbonyl (C=O) groups excluding carboxylic acids is 2. The Morgan fingerprint density at radius 1 is 1.42 bits per heavy atom. The number of esters is 1. The van der Waals surface area contributed by atoms with Crippen LogP contribution in [0.25, 0.3) is 0 Å². The van der Waals surface area contributed by atoms with Crippen molar-refractivity contribution >= 4 is 33.5 Å². The van der Waals surface area contributed by atoms with Crippen LogP contribution in [0.5, 0.6) is 0 Å². The van der Waals surface area contributed by atoms with Gasteiger partial charge in [-0.3, -0.25) is 4.79 Å². The Morgan fingerprint density at radius 2 is 2.08 bits per heavy atom. The maximum Gasteiger partial charge on any atom is 0.337 e. The van der Waals surface area contributed by atoms with Crippen LogP contribution in [-0.2, 0) is 14.3 Å². The van der Waals surface area contributed by atoms with Crippen LogP contribution < -0.4 is 5.32 Å². The van der Waals surface area contributed by atoms with Crippen molar-refractivity contribution in [2.75, 3.05) is 32.1 Å². The Bertz CT molecular complexity index is 739. The van der Waals surface area contributed by atoms with Gasteiger partial charge in [0.15, 0.2) is 17.5 Å². The van der Waals surface area contributed by atoms with Crippen molar-refractivity contribution in [2.24, 2.45) is 0 Å². The summed E-state index contributed by atoms with van der Waals surface area (Å²) in [7, 11) is 1.10. The molecule has 0 unspecified atom stereocenters. The number of benzene rings is 1. The predicted molar refractivity (Wildman–Crippen MR) is 80.3 cm³/mol. The molecule has 6 nitrogen and oxygen atoms in total. The first-order chi connectivity index (χ1) is 11.3. The molecule has 130 valence electrons. The first-order valence-corrected chi connectivity index (χ1v) is 7.42. The molecule has 1 aliphatic rings. The van der Waals surface area contributed by atoms with Gasteiger partial charge in [-0.1, -0.05) is 0 Å². The highest BCUT2D eigenvalue weighted by molar-refractivity contribution is 9.10. The van der Waals surface area contributed by atoms with Crippen LogP contribution in [-0.4, -0.2) is 48.7 Å². The first kappa shape index (κ1) is 18.3. The van der Waals surface area contributed by atoms with E-state index in [1.54, 1.807) is 0 Å². The summed E-state index contributed by atoms with van der Waals surface area (Å²) in [4.78, 5) is 25.2. The lowest BCUT2D eigenvalue weighted by Gasteiger charge is -2.15. The minimum absolute atomic E-state index is 0.0636. The summed E-state index contributed by atoms with van der Waals surface area (Å²) in [5.41, 5.74) is -0.989. The molecule has 0 bridgehead atoms. The molecular formula is C14H12BrF3N2O4. The number of nitrogens with one attached hydrogen (secondary N) is 1. The lowest BCUT2D eigenvalue weighted by atomic mass is 10.2. The van der Waals surface area contributed by atoms with E-state index in [-0.39, 0.29) is 35.4 Å². The summed E-state index contributed by atoms with van der Waals surface area (Å²) in [6.45, 7) is -0.583. The molecule has 0 atom stereocenters. The molecule has 2 rings (SSSR count). The summed E-state index contributed by atoms with van der Waals surface area (Å²) >= 11 is 2.87. The molecule has 1 aromatic rings. The van der Waals surface area contributed by atoms with Crippen LogP contribution in [0.2, 0.25) is 0 Å². The van der Waals surface area contributed by atoms with E-state index < -0.39 is 35.0 Å². The van der Waals surface area contributed by atoms with Crippen LogP contribution in [0.15, 0.2) is 21.8 Å². The molecule has 0 aliphatic carbocycles. The number of carbonyl (C=O) groups is 2. The second-order valence-corrected chi connectivity index (χ2v) is 5.62. The number of rotatable bonds is 5. The average molecular weight is 409 g/mol. The topological polar surface area (TPSA) is 78.9 Å². The standard InChI is InChI=1S/C14H12BrF3N2O4/c1-24-14(23)6-5-20(2-3-21)13(22)11(6)19-12-7(15)4-8(16)9(17)10(12)18/h4,19,21H,2-3,5H2,1H3. The lowest BCUT2D eigenvalue weighted by molar-refractivity contribution is -0.136. The smallest absolute Gasteiger partial charge is 0.337 e. The second-order valence-electron chi connectivity index (χ2n) is 4.76. The molecule has 0 spiro atoms. The largest absolute Gasteiger partial charge is 0.466 e. The number of hydrogen-bond acceptors (Lipinski definition) is 5. The Kier molecular flexibility index (Phi) is 5.50. The fraction of sp³-hybridized carbons (Fsp3) is 0.286. The van der Waals surface area contributed by atoms with Crippen molar-refractivity contribution in [1.82, 2.24) is 4.90 Å². The Balaban J connectivity index is 2.47.